The number of hydrogen-bond acceptors (Lipinski definition) is 4. The Kier molecular flexibility index (Phi) is 5.72. The van der Waals surface area contributed by atoms with Gasteiger partial charge in [0, 0.05) is 40.1 Å². The SMILES string of the molecule is CN=C(NCc1nccn1CC(C)C)N(C)Cc1ncnn1C. The van der Waals surface area contributed by atoms with E-state index in [1.165, 1.54) is 0 Å². The van der Waals surface area contributed by atoms with E-state index in [0.29, 0.717) is 19.0 Å². The van der Waals surface area contributed by atoms with Gasteiger partial charge >= 0.3 is 0 Å². The van der Waals surface area contributed by atoms with E-state index in [2.05, 4.69) is 43.8 Å². The van der Waals surface area contributed by atoms with Gasteiger partial charge in [-0.1, -0.05) is 13.8 Å². The summed E-state index contributed by atoms with van der Waals surface area (Å²) < 4.78 is 3.94. The van der Waals surface area contributed by atoms with Crippen LogP contribution < -0.4 is 5.32 Å². The van der Waals surface area contributed by atoms with Crippen LogP contribution in [0.5, 0.6) is 0 Å². The Labute approximate surface area is 137 Å². The fourth-order valence-corrected chi connectivity index (χ4v) is 2.36. The number of aryl methyl sites for hydroxylation is 1. The van der Waals surface area contributed by atoms with E-state index in [-0.39, 0.29) is 0 Å². The molecule has 2 heterocycles. The summed E-state index contributed by atoms with van der Waals surface area (Å²) in [7, 11) is 5.63. The second-order valence-corrected chi connectivity index (χ2v) is 5.95. The number of nitrogens with one attached hydrogen (secondary N) is 1. The number of nitrogens with zero attached hydrogens (tertiary/aromatic N) is 7. The van der Waals surface area contributed by atoms with E-state index in [9.17, 15) is 0 Å². The van der Waals surface area contributed by atoms with Crippen molar-refractivity contribution in [1.29, 1.82) is 0 Å². The lowest BCUT2D eigenvalue weighted by Crippen LogP contribution is -2.39. The van der Waals surface area contributed by atoms with Crippen LogP contribution in [0, 0.1) is 5.92 Å². The smallest absolute Gasteiger partial charge is 0.194 e. The van der Waals surface area contributed by atoms with E-state index in [1.54, 1.807) is 18.1 Å². The molecule has 8 heteroatoms. The summed E-state index contributed by atoms with van der Waals surface area (Å²) in [6.45, 7) is 6.63. The zero-order valence-corrected chi connectivity index (χ0v) is 14.6. The summed E-state index contributed by atoms with van der Waals surface area (Å²) in [6, 6.07) is 0. The molecule has 0 aliphatic heterocycles. The first-order valence-corrected chi connectivity index (χ1v) is 7.76. The third-order valence-electron chi connectivity index (χ3n) is 3.53. The Morgan fingerprint density at radius 2 is 2.13 bits per heavy atom. The molecule has 0 radical (unpaired) electrons. The molecule has 0 saturated carbocycles. The summed E-state index contributed by atoms with van der Waals surface area (Å²) in [5, 5.41) is 7.44. The molecule has 2 aromatic rings. The van der Waals surface area contributed by atoms with Crippen LogP contribution in [0.3, 0.4) is 0 Å². The highest BCUT2D eigenvalue weighted by Crippen LogP contribution is 2.04. The molecular weight excluding hydrogens is 292 g/mol. The summed E-state index contributed by atoms with van der Waals surface area (Å²) in [4.78, 5) is 15.0. The maximum Gasteiger partial charge on any atom is 0.194 e. The Hall–Kier alpha value is -2.38. The van der Waals surface area contributed by atoms with Crippen LogP contribution in [-0.2, 0) is 26.7 Å². The number of rotatable bonds is 6. The van der Waals surface area contributed by atoms with Gasteiger partial charge in [-0.3, -0.25) is 9.67 Å². The van der Waals surface area contributed by atoms with Crippen molar-refractivity contribution in [2.45, 2.75) is 33.5 Å². The highest BCUT2D eigenvalue weighted by molar-refractivity contribution is 5.79. The van der Waals surface area contributed by atoms with Gasteiger partial charge in [-0.15, -0.1) is 0 Å². The van der Waals surface area contributed by atoms with E-state index in [1.807, 2.05) is 31.4 Å². The average molecular weight is 318 g/mol. The molecule has 1 N–H and O–H groups in total. The van der Waals surface area contributed by atoms with Crippen molar-refractivity contribution in [3.63, 3.8) is 0 Å². The summed E-state index contributed by atoms with van der Waals surface area (Å²) in [5.41, 5.74) is 0. The fraction of sp³-hybridized carbons (Fsp3) is 0.600. The van der Waals surface area contributed by atoms with Gasteiger partial charge in [0.2, 0.25) is 0 Å². The van der Waals surface area contributed by atoms with Gasteiger partial charge in [-0.2, -0.15) is 5.10 Å². The summed E-state index contributed by atoms with van der Waals surface area (Å²) in [6.07, 6.45) is 5.41. The van der Waals surface area contributed by atoms with Gasteiger partial charge in [0.1, 0.15) is 18.0 Å². The molecule has 0 bridgehead atoms. The molecule has 0 unspecified atom stereocenters. The number of hydrogen-bond donors (Lipinski definition) is 1. The van der Waals surface area contributed by atoms with Crippen LogP contribution in [0.4, 0.5) is 0 Å². The molecule has 2 aromatic heterocycles. The van der Waals surface area contributed by atoms with Crippen LogP contribution >= 0.6 is 0 Å². The highest BCUT2D eigenvalue weighted by Gasteiger charge is 2.11. The lowest BCUT2D eigenvalue weighted by Gasteiger charge is -2.21. The molecule has 0 aliphatic carbocycles. The molecule has 8 nitrogen and oxygen atoms in total. The van der Waals surface area contributed by atoms with Gasteiger partial charge < -0.3 is 14.8 Å². The number of imidazole rings is 1. The summed E-state index contributed by atoms with van der Waals surface area (Å²) >= 11 is 0. The topological polar surface area (TPSA) is 76.2 Å². The van der Waals surface area contributed by atoms with Crippen molar-refractivity contribution in [2.75, 3.05) is 14.1 Å². The zero-order valence-electron chi connectivity index (χ0n) is 14.6. The first-order valence-electron chi connectivity index (χ1n) is 7.76. The fourth-order valence-electron chi connectivity index (χ4n) is 2.36. The normalized spacial score (nSPS) is 12.0. The van der Waals surface area contributed by atoms with Crippen molar-refractivity contribution >= 4 is 5.96 Å². The van der Waals surface area contributed by atoms with Crippen molar-refractivity contribution in [3.8, 4) is 0 Å². The van der Waals surface area contributed by atoms with E-state index < -0.39 is 0 Å². The Bertz CT molecular complexity index is 639. The third-order valence-corrected chi connectivity index (χ3v) is 3.53. The van der Waals surface area contributed by atoms with Gasteiger partial charge in [0.15, 0.2) is 5.96 Å². The van der Waals surface area contributed by atoms with Crippen LogP contribution in [0.15, 0.2) is 23.7 Å². The predicted molar refractivity (Wildman–Crippen MR) is 89.7 cm³/mol. The average Bonchev–Trinajstić information content (AvgIpc) is 3.09. The molecule has 126 valence electrons. The number of aromatic nitrogens is 5. The number of guanidine groups is 1. The Morgan fingerprint density at radius 1 is 1.35 bits per heavy atom. The summed E-state index contributed by atoms with van der Waals surface area (Å²) in [5.74, 6) is 3.27. The van der Waals surface area contributed by atoms with E-state index >= 15 is 0 Å². The largest absolute Gasteiger partial charge is 0.349 e. The quantitative estimate of drug-likeness (QED) is 0.632. The van der Waals surface area contributed by atoms with Gasteiger partial charge in [0.25, 0.3) is 0 Å². The standard InChI is InChI=1S/C15H26N8/c1-12(2)9-23-7-6-17-13(23)8-18-15(16-3)21(4)10-14-19-11-20-22(14)5/h6-7,11-12H,8-10H2,1-5H3,(H,16,18). The van der Waals surface area contributed by atoms with Gasteiger partial charge in [-0.05, 0) is 5.92 Å². The number of aliphatic imine (C=N–C) groups is 1. The maximum atomic E-state index is 4.43. The lowest BCUT2D eigenvalue weighted by atomic mass is 10.2. The molecule has 0 aromatic carbocycles. The van der Waals surface area contributed by atoms with Crippen LogP contribution in [0.25, 0.3) is 0 Å². The minimum absolute atomic E-state index is 0.584. The highest BCUT2D eigenvalue weighted by atomic mass is 15.4. The second-order valence-electron chi connectivity index (χ2n) is 5.95. The maximum absolute atomic E-state index is 4.43. The predicted octanol–water partition coefficient (Wildman–Crippen LogP) is 0.875. The molecule has 0 atom stereocenters. The van der Waals surface area contributed by atoms with Crippen LogP contribution in [0.2, 0.25) is 0 Å². The van der Waals surface area contributed by atoms with Crippen molar-refractivity contribution in [1.82, 2.24) is 34.5 Å². The monoisotopic (exact) mass is 318 g/mol. The Morgan fingerprint density at radius 3 is 2.74 bits per heavy atom. The van der Waals surface area contributed by atoms with E-state index in [4.69, 9.17) is 0 Å². The van der Waals surface area contributed by atoms with Crippen molar-refractivity contribution < 1.29 is 0 Å². The molecular formula is C15H26N8. The van der Waals surface area contributed by atoms with Crippen molar-refractivity contribution in [2.24, 2.45) is 18.0 Å². The zero-order chi connectivity index (χ0) is 16.8. The molecule has 0 saturated heterocycles. The first-order chi connectivity index (χ1) is 11.0. The van der Waals surface area contributed by atoms with Gasteiger partial charge in [-0.25, -0.2) is 9.97 Å². The minimum atomic E-state index is 0.584. The van der Waals surface area contributed by atoms with Crippen LogP contribution in [0.1, 0.15) is 25.5 Å². The van der Waals surface area contributed by atoms with E-state index in [0.717, 1.165) is 24.2 Å². The molecule has 0 aliphatic rings. The molecule has 0 fully saturated rings. The van der Waals surface area contributed by atoms with Crippen LogP contribution in [-0.4, -0.2) is 49.3 Å². The molecule has 23 heavy (non-hydrogen) atoms. The minimum Gasteiger partial charge on any atom is -0.349 e. The molecule has 0 amide bonds. The van der Waals surface area contributed by atoms with Gasteiger partial charge in [0.05, 0.1) is 13.1 Å². The molecule has 2 rings (SSSR count). The Balaban J connectivity index is 1.95. The lowest BCUT2D eigenvalue weighted by molar-refractivity contribution is 0.444. The third kappa shape index (κ3) is 4.54. The first kappa shape index (κ1) is 17.0. The van der Waals surface area contributed by atoms with Crippen molar-refractivity contribution in [3.05, 3.63) is 30.4 Å². The second kappa shape index (κ2) is 7.75. The molecule has 0 spiro atoms.